The fourth-order valence-corrected chi connectivity index (χ4v) is 3.09. The van der Waals surface area contributed by atoms with Crippen LogP contribution in [0.2, 0.25) is 0 Å². The summed E-state index contributed by atoms with van der Waals surface area (Å²) < 4.78 is 0. The first-order chi connectivity index (χ1) is 9.83. The Morgan fingerprint density at radius 1 is 1.25 bits per heavy atom. The molecule has 1 unspecified atom stereocenters. The molecule has 0 aliphatic carbocycles. The summed E-state index contributed by atoms with van der Waals surface area (Å²) in [6.45, 7) is 4.24. The molecule has 1 amide bonds. The largest absolute Gasteiger partial charge is 0.324 e. The van der Waals surface area contributed by atoms with Crippen molar-refractivity contribution in [1.82, 2.24) is 10.2 Å². The van der Waals surface area contributed by atoms with Gasteiger partial charge in [-0.1, -0.05) is 18.2 Å². The summed E-state index contributed by atoms with van der Waals surface area (Å²) in [6.07, 6.45) is 4.62. The van der Waals surface area contributed by atoms with Gasteiger partial charge in [-0.3, -0.25) is 9.69 Å². The summed E-state index contributed by atoms with van der Waals surface area (Å²) in [7, 11) is 0. The van der Waals surface area contributed by atoms with Gasteiger partial charge in [-0.2, -0.15) is 0 Å². The van der Waals surface area contributed by atoms with E-state index in [0.717, 1.165) is 31.6 Å². The van der Waals surface area contributed by atoms with Crippen LogP contribution in [0.25, 0.3) is 0 Å². The van der Waals surface area contributed by atoms with Crippen LogP contribution in [-0.2, 0) is 11.3 Å². The predicted molar refractivity (Wildman–Crippen MR) is 80.6 cm³/mol. The van der Waals surface area contributed by atoms with Crippen LogP contribution in [0.1, 0.15) is 31.2 Å². The van der Waals surface area contributed by atoms with Gasteiger partial charge in [0, 0.05) is 12.2 Å². The molecule has 2 N–H and O–H groups in total. The van der Waals surface area contributed by atoms with Crippen molar-refractivity contribution in [3.8, 4) is 0 Å². The monoisotopic (exact) mass is 273 g/mol. The summed E-state index contributed by atoms with van der Waals surface area (Å²) in [5.41, 5.74) is 2.19. The van der Waals surface area contributed by atoms with Gasteiger partial charge < -0.3 is 10.6 Å². The molecule has 0 saturated carbocycles. The summed E-state index contributed by atoms with van der Waals surface area (Å²) in [6, 6.07) is 8.16. The molecule has 3 rings (SSSR count). The van der Waals surface area contributed by atoms with Crippen molar-refractivity contribution in [2.75, 3.05) is 25.0 Å². The van der Waals surface area contributed by atoms with Crippen molar-refractivity contribution in [3.05, 3.63) is 29.8 Å². The van der Waals surface area contributed by atoms with Gasteiger partial charge >= 0.3 is 0 Å². The molecule has 1 aromatic carbocycles. The maximum atomic E-state index is 12.2. The molecule has 1 aromatic rings. The van der Waals surface area contributed by atoms with Gasteiger partial charge in [-0.05, 0) is 56.9 Å². The second kappa shape index (κ2) is 6.37. The minimum Gasteiger partial charge on any atom is -0.324 e. The molecule has 0 spiro atoms. The zero-order chi connectivity index (χ0) is 13.8. The molecular formula is C16H23N3O. The average Bonchev–Trinajstić information content (AvgIpc) is 3.13. The van der Waals surface area contributed by atoms with Gasteiger partial charge in [0.15, 0.2) is 0 Å². The fraction of sp³-hybridized carbons (Fsp3) is 0.562. The third kappa shape index (κ3) is 3.19. The summed E-state index contributed by atoms with van der Waals surface area (Å²) in [4.78, 5) is 14.7. The lowest BCUT2D eigenvalue weighted by Crippen LogP contribution is -2.35. The highest BCUT2D eigenvalue weighted by Crippen LogP contribution is 2.20. The molecule has 0 aromatic heterocycles. The zero-order valence-electron chi connectivity index (χ0n) is 11.9. The Labute approximate surface area is 120 Å². The highest BCUT2D eigenvalue weighted by Gasteiger charge is 2.22. The number of para-hydroxylation sites is 1. The minimum atomic E-state index is -0.0187. The van der Waals surface area contributed by atoms with E-state index in [-0.39, 0.29) is 11.9 Å². The van der Waals surface area contributed by atoms with E-state index in [1.807, 2.05) is 12.1 Å². The Morgan fingerprint density at radius 3 is 2.80 bits per heavy atom. The minimum absolute atomic E-state index is 0.0187. The van der Waals surface area contributed by atoms with Crippen LogP contribution in [0.5, 0.6) is 0 Å². The van der Waals surface area contributed by atoms with E-state index in [4.69, 9.17) is 0 Å². The maximum Gasteiger partial charge on any atom is 0.241 e. The first kappa shape index (κ1) is 13.6. The van der Waals surface area contributed by atoms with E-state index in [2.05, 4.69) is 27.7 Å². The maximum absolute atomic E-state index is 12.2. The smallest absolute Gasteiger partial charge is 0.241 e. The third-order valence-electron chi connectivity index (χ3n) is 4.24. The molecule has 4 heteroatoms. The Balaban J connectivity index is 1.66. The summed E-state index contributed by atoms with van der Waals surface area (Å²) in [5, 5.41) is 6.35. The topological polar surface area (TPSA) is 44.4 Å². The molecule has 4 nitrogen and oxygen atoms in total. The van der Waals surface area contributed by atoms with E-state index < -0.39 is 0 Å². The van der Waals surface area contributed by atoms with Crippen LogP contribution in [-0.4, -0.2) is 36.5 Å². The first-order valence-corrected chi connectivity index (χ1v) is 7.67. The molecule has 0 radical (unpaired) electrons. The third-order valence-corrected chi connectivity index (χ3v) is 4.24. The zero-order valence-corrected chi connectivity index (χ0v) is 11.9. The van der Waals surface area contributed by atoms with Gasteiger partial charge in [0.1, 0.15) is 0 Å². The second-order valence-corrected chi connectivity index (χ2v) is 5.78. The molecule has 108 valence electrons. The number of nitrogens with one attached hydrogen (secondary N) is 2. The quantitative estimate of drug-likeness (QED) is 0.881. The van der Waals surface area contributed by atoms with Crippen LogP contribution in [0.3, 0.4) is 0 Å². The highest BCUT2D eigenvalue weighted by atomic mass is 16.2. The van der Waals surface area contributed by atoms with Gasteiger partial charge in [0.2, 0.25) is 5.91 Å². The Bertz CT molecular complexity index is 463. The summed E-state index contributed by atoms with van der Waals surface area (Å²) in [5.74, 6) is 0.108. The van der Waals surface area contributed by atoms with Crippen LogP contribution in [0.15, 0.2) is 24.3 Å². The standard InChI is InChI=1S/C16H23N3O/c20-16(15-8-5-9-17-15)18-14-7-2-1-6-13(14)12-19-10-3-4-11-19/h1-2,6-7,15,17H,3-5,8-12H2,(H,18,20). The molecule has 2 aliphatic rings. The highest BCUT2D eigenvalue weighted by molar-refractivity contribution is 5.95. The molecule has 2 fully saturated rings. The van der Waals surface area contributed by atoms with Gasteiger partial charge in [0.05, 0.1) is 6.04 Å². The molecule has 2 saturated heterocycles. The number of carbonyl (C=O) groups excluding carboxylic acids is 1. The summed E-state index contributed by atoms with van der Waals surface area (Å²) >= 11 is 0. The lowest BCUT2D eigenvalue weighted by molar-refractivity contribution is -0.117. The van der Waals surface area contributed by atoms with Crippen molar-refractivity contribution in [3.63, 3.8) is 0 Å². The number of anilines is 1. The molecule has 0 bridgehead atoms. The lowest BCUT2D eigenvalue weighted by Gasteiger charge is -2.19. The number of rotatable bonds is 4. The molecular weight excluding hydrogens is 250 g/mol. The first-order valence-electron chi connectivity index (χ1n) is 7.67. The van der Waals surface area contributed by atoms with Crippen molar-refractivity contribution < 1.29 is 4.79 Å². The number of amides is 1. The van der Waals surface area contributed by atoms with E-state index >= 15 is 0 Å². The number of hydrogen-bond acceptors (Lipinski definition) is 3. The van der Waals surface area contributed by atoms with Crippen LogP contribution in [0.4, 0.5) is 5.69 Å². The number of hydrogen-bond donors (Lipinski definition) is 2. The molecule has 2 heterocycles. The lowest BCUT2D eigenvalue weighted by atomic mass is 10.1. The van der Waals surface area contributed by atoms with E-state index in [1.165, 1.54) is 31.5 Å². The van der Waals surface area contributed by atoms with Crippen LogP contribution >= 0.6 is 0 Å². The van der Waals surface area contributed by atoms with Crippen molar-refractivity contribution in [2.24, 2.45) is 0 Å². The number of nitrogens with zero attached hydrogens (tertiary/aromatic N) is 1. The molecule has 2 aliphatic heterocycles. The number of benzene rings is 1. The van der Waals surface area contributed by atoms with Gasteiger partial charge in [-0.15, -0.1) is 0 Å². The van der Waals surface area contributed by atoms with Crippen LogP contribution in [0, 0.1) is 0 Å². The average molecular weight is 273 g/mol. The van der Waals surface area contributed by atoms with E-state index in [0.29, 0.717) is 0 Å². The Kier molecular flexibility index (Phi) is 4.33. The molecule has 20 heavy (non-hydrogen) atoms. The van der Waals surface area contributed by atoms with Crippen LogP contribution < -0.4 is 10.6 Å². The Hall–Kier alpha value is -1.39. The van der Waals surface area contributed by atoms with E-state index in [9.17, 15) is 4.79 Å². The Morgan fingerprint density at radius 2 is 2.05 bits per heavy atom. The SMILES string of the molecule is O=C(Nc1ccccc1CN1CCCC1)C1CCCN1. The number of carbonyl (C=O) groups is 1. The molecule has 1 atom stereocenters. The van der Waals surface area contributed by atoms with Gasteiger partial charge in [0.25, 0.3) is 0 Å². The van der Waals surface area contributed by atoms with E-state index in [1.54, 1.807) is 0 Å². The predicted octanol–water partition coefficient (Wildman–Crippen LogP) is 1.97. The number of likely N-dealkylation sites (tertiary alicyclic amines) is 1. The fourth-order valence-electron chi connectivity index (χ4n) is 3.09. The van der Waals surface area contributed by atoms with Gasteiger partial charge in [-0.25, -0.2) is 0 Å². The van der Waals surface area contributed by atoms with Crippen molar-refractivity contribution in [2.45, 2.75) is 38.3 Å². The normalized spacial score (nSPS) is 23.1. The second-order valence-electron chi connectivity index (χ2n) is 5.78. The van der Waals surface area contributed by atoms with Crippen molar-refractivity contribution in [1.29, 1.82) is 0 Å². The van der Waals surface area contributed by atoms with Crippen molar-refractivity contribution >= 4 is 11.6 Å².